The zero-order chi connectivity index (χ0) is 15.9. The highest BCUT2D eigenvalue weighted by Crippen LogP contribution is 2.42. The van der Waals surface area contributed by atoms with Crippen LogP contribution in [0.15, 0.2) is 6.20 Å². The highest BCUT2D eigenvalue weighted by molar-refractivity contribution is 5.95. The molecule has 1 aliphatic carbocycles. The Balaban J connectivity index is 1.76. The van der Waals surface area contributed by atoms with Crippen LogP contribution in [0, 0.1) is 5.92 Å². The van der Waals surface area contributed by atoms with Gasteiger partial charge in [-0.1, -0.05) is 0 Å². The van der Waals surface area contributed by atoms with Crippen LogP contribution in [0.1, 0.15) is 74.5 Å². The van der Waals surface area contributed by atoms with Crippen molar-refractivity contribution in [3.8, 4) is 0 Å². The molecule has 1 aromatic heterocycles. The van der Waals surface area contributed by atoms with E-state index in [1.807, 2.05) is 16.5 Å². The van der Waals surface area contributed by atoms with Crippen LogP contribution >= 0.6 is 0 Å². The quantitative estimate of drug-likeness (QED) is 0.930. The van der Waals surface area contributed by atoms with E-state index in [-0.39, 0.29) is 18.1 Å². The summed E-state index contributed by atoms with van der Waals surface area (Å²) in [4.78, 5) is 14.8. The van der Waals surface area contributed by atoms with Gasteiger partial charge in [0.1, 0.15) is 0 Å². The fraction of sp³-hybridized carbons (Fsp3) is 0.765. The molecule has 1 unspecified atom stereocenters. The molecule has 122 valence electrons. The predicted molar refractivity (Wildman–Crippen MR) is 84.9 cm³/mol. The van der Waals surface area contributed by atoms with Crippen molar-refractivity contribution in [2.75, 3.05) is 13.1 Å². The molecule has 1 saturated heterocycles. The molecule has 1 amide bonds. The van der Waals surface area contributed by atoms with Crippen LogP contribution in [0.4, 0.5) is 0 Å². The highest BCUT2D eigenvalue weighted by atomic mass is 16.3. The number of hydrogen-bond acceptors (Lipinski definition) is 3. The monoisotopic (exact) mass is 305 g/mol. The average Bonchev–Trinajstić information content (AvgIpc) is 3.24. The molecule has 22 heavy (non-hydrogen) atoms. The van der Waals surface area contributed by atoms with Crippen LogP contribution < -0.4 is 0 Å². The van der Waals surface area contributed by atoms with Gasteiger partial charge in [0.05, 0.1) is 23.6 Å². The third-order valence-electron chi connectivity index (χ3n) is 5.03. The standard InChI is InChI=1S/C17H27N3O2/c1-11(2)20-16(14-4-5-14)15(10-18-20)17(22)19-8-6-13(7-9-19)12(3)21/h10-14,21H,4-9H2,1-3H3. The molecule has 2 aliphatic rings. The van der Waals surface area contributed by atoms with Gasteiger partial charge >= 0.3 is 0 Å². The van der Waals surface area contributed by atoms with Gasteiger partial charge in [0.25, 0.3) is 5.91 Å². The average molecular weight is 305 g/mol. The summed E-state index contributed by atoms with van der Waals surface area (Å²) < 4.78 is 2.02. The summed E-state index contributed by atoms with van der Waals surface area (Å²) in [5, 5.41) is 14.2. The molecule has 2 heterocycles. The first kappa shape index (κ1) is 15.5. The Morgan fingerprint density at radius 1 is 1.23 bits per heavy atom. The molecule has 0 radical (unpaired) electrons. The number of rotatable bonds is 4. The van der Waals surface area contributed by atoms with Crippen molar-refractivity contribution in [1.82, 2.24) is 14.7 Å². The molecule has 1 aliphatic heterocycles. The summed E-state index contributed by atoms with van der Waals surface area (Å²) in [6, 6.07) is 0.290. The van der Waals surface area contributed by atoms with Gasteiger partial charge in [0.2, 0.25) is 0 Å². The molecular weight excluding hydrogens is 278 g/mol. The van der Waals surface area contributed by atoms with Crippen molar-refractivity contribution in [3.63, 3.8) is 0 Å². The number of aromatic nitrogens is 2. The van der Waals surface area contributed by atoms with E-state index < -0.39 is 0 Å². The molecule has 1 N–H and O–H groups in total. The number of carbonyl (C=O) groups excluding carboxylic acids is 1. The van der Waals surface area contributed by atoms with Crippen molar-refractivity contribution in [3.05, 3.63) is 17.5 Å². The van der Waals surface area contributed by atoms with Crippen LogP contribution in [-0.4, -0.2) is 44.9 Å². The van der Waals surface area contributed by atoms with Crippen LogP contribution in [-0.2, 0) is 0 Å². The summed E-state index contributed by atoms with van der Waals surface area (Å²) in [6.45, 7) is 7.55. The molecule has 3 rings (SSSR count). The zero-order valence-electron chi connectivity index (χ0n) is 13.8. The Morgan fingerprint density at radius 2 is 1.86 bits per heavy atom. The van der Waals surface area contributed by atoms with E-state index in [9.17, 15) is 9.90 Å². The summed E-state index contributed by atoms with van der Waals surface area (Å²) in [5.41, 5.74) is 1.93. The third-order valence-corrected chi connectivity index (χ3v) is 5.03. The first-order valence-corrected chi connectivity index (χ1v) is 8.53. The van der Waals surface area contributed by atoms with E-state index in [1.165, 1.54) is 12.8 Å². The van der Waals surface area contributed by atoms with E-state index in [0.29, 0.717) is 11.8 Å². The SMILES string of the molecule is CC(O)C1CCN(C(=O)c2cnn(C(C)C)c2C2CC2)CC1. The number of carbonyl (C=O) groups is 1. The zero-order valence-corrected chi connectivity index (χ0v) is 13.8. The molecule has 1 saturated carbocycles. The minimum Gasteiger partial charge on any atom is -0.393 e. The highest BCUT2D eigenvalue weighted by Gasteiger charge is 2.35. The maximum absolute atomic E-state index is 12.9. The molecule has 0 spiro atoms. The number of nitrogens with zero attached hydrogens (tertiary/aromatic N) is 3. The lowest BCUT2D eigenvalue weighted by Gasteiger charge is -2.33. The van der Waals surface area contributed by atoms with Crippen LogP contribution in [0.25, 0.3) is 0 Å². The van der Waals surface area contributed by atoms with Crippen molar-refractivity contribution in [2.45, 2.75) is 64.5 Å². The maximum Gasteiger partial charge on any atom is 0.257 e. The van der Waals surface area contributed by atoms with Gasteiger partial charge in [-0.05, 0) is 52.4 Å². The predicted octanol–water partition coefficient (Wildman–Crippen LogP) is 2.57. The third kappa shape index (κ3) is 2.91. The Bertz CT molecular complexity index is 538. The smallest absolute Gasteiger partial charge is 0.257 e. The molecular formula is C17H27N3O2. The molecule has 2 fully saturated rings. The fourth-order valence-electron chi connectivity index (χ4n) is 3.47. The summed E-state index contributed by atoms with van der Waals surface area (Å²) >= 11 is 0. The van der Waals surface area contributed by atoms with Gasteiger partial charge in [0.15, 0.2) is 0 Å². The Kier molecular flexibility index (Phi) is 4.26. The summed E-state index contributed by atoms with van der Waals surface area (Å²) in [6.07, 6.45) is 5.60. The molecule has 0 bridgehead atoms. The van der Waals surface area contributed by atoms with E-state index in [2.05, 4.69) is 18.9 Å². The van der Waals surface area contributed by atoms with Gasteiger partial charge in [0, 0.05) is 25.0 Å². The minimum absolute atomic E-state index is 0.123. The lowest BCUT2D eigenvalue weighted by atomic mass is 9.92. The lowest BCUT2D eigenvalue weighted by Crippen LogP contribution is -2.41. The van der Waals surface area contributed by atoms with Gasteiger partial charge in [-0.2, -0.15) is 5.10 Å². The number of amides is 1. The number of likely N-dealkylation sites (tertiary alicyclic amines) is 1. The van der Waals surface area contributed by atoms with E-state index in [1.54, 1.807) is 6.20 Å². The van der Waals surface area contributed by atoms with E-state index >= 15 is 0 Å². The molecule has 5 heteroatoms. The first-order valence-electron chi connectivity index (χ1n) is 8.53. The van der Waals surface area contributed by atoms with Crippen LogP contribution in [0.3, 0.4) is 0 Å². The number of aliphatic hydroxyl groups excluding tert-OH is 1. The normalized spacial score (nSPS) is 21.4. The van der Waals surface area contributed by atoms with Gasteiger partial charge < -0.3 is 10.0 Å². The fourth-order valence-corrected chi connectivity index (χ4v) is 3.47. The lowest BCUT2D eigenvalue weighted by molar-refractivity contribution is 0.0520. The Morgan fingerprint density at radius 3 is 2.36 bits per heavy atom. The molecule has 5 nitrogen and oxygen atoms in total. The number of hydrogen-bond donors (Lipinski definition) is 1. The van der Waals surface area contributed by atoms with E-state index in [4.69, 9.17) is 0 Å². The molecule has 1 atom stereocenters. The van der Waals surface area contributed by atoms with Crippen molar-refractivity contribution < 1.29 is 9.90 Å². The van der Waals surface area contributed by atoms with Crippen molar-refractivity contribution in [1.29, 1.82) is 0 Å². The van der Waals surface area contributed by atoms with Crippen molar-refractivity contribution >= 4 is 5.91 Å². The summed E-state index contributed by atoms with van der Waals surface area (Å²) in [7, 11) is 0. The summed E-state index contributed by atoms with van der Waals surface area (Å²) in [5.74, 6) is 0.960. The molecule has 1 aromatic rings. The second-order valence-corrected chi connectivity index (χ2v) is 7.13. The van der Waals surface area contributed by atoms with E-state index in [0.717, 1.165) is 37.2 Å². The number of aliphatic hydroxyl groups is 1. The number of piperidine rings is 1. The Labute approximate surface area is 132 Å². The largest absolute Gasteiger partial charge is 0.393 e. The van der Waals surface area contributed by atoms with Gasteiger partial charge in [-0.15, -0.1) is 0 Å². The van der Waals surface area contributed by atoms with Crippen molar-refractivity contribution in [2.24, 2.45) is 5.92 Å². The minimum atomic E-state index is -0.275. The van der Waals surface area contributed by atoms with Crippen LogP contribution in [0.5, 0.6) is 0 Å². The molecule has 0 aromatic carbocycles. The van der Waals surface area contributed by atoms with Gasteiger partial charge in [-0.3, -0.25) is 9.48 Å². The second kappa shape index (κ2) is 6.03. The first-order chi connectivity index (χ1) is 10.5. The topological polar surface area (TPSA) is 58.4 Å². The second-order valence-electron chi connectivity index (χ2n) is 7.13. The van der Waals surface area contributed by atoms with Crippen LogP contribution in [0.2, 0.25) is 0 Å². The van der Waals surface area contributed by atoms with Gasteiger partial charge in [-0.25, -0.2) is 0 Å². The maximum atomic E-state index is 12.9. The Hall–Kier alpha value is -1.36.